The van der Waals surface area contributed by atoms with Gasteiger partial charge in [-0.05, 0) is 244 Å². The Morgan fingerprint density at radius 2 is 0.892 bits per heavy atom. The van der Waals surface area contributed by atoms with E-state index in [4.69, 9.17) is 24.7 Å². The molecule has 6 aromatic carbocycles. The Morgan fingerprint density at radius 1 is 0.508 bits per heavy atom. The predicted molar refractivity (Wildman–Crippen MR) is 473 cm³/mol. The van der Waals surface area contributed by atoms with E-state index in [-0.39, 0.29) is 176 Å². The van der Waals surface area contributed by atoms with Crippen LogP contribution in [0.15, 0.2) is 193 Å². The van der Waals surface area contributed by atoms with Gasteiger partial charge in [-0.2, -0.15) is 0 Å². The Hall–Kier alpha value is -9.56. The van der Waals surface area contributed by atoms with Crippen LogP contribution in [-0.4, -0.2) is 139 Å². The third kappa shape index (κ3) is 29.0. The maximum Gasteiger partial charge on any atom is 1.00 e. The van der Waals surface area contributed by atoms with Gasteiger partial charge in [-0.3, -0.25) is 33.6 Å². The molecular formula is C101H123F4N4NaO20. The van der Waals surface area contributed by atoms with Gasteiger partial charge in [-0.1, -0.05) is 133 Å². The molecule has 2 aliphatic heterocycles. The zero-order valence-electron chi connectivity index (χ0n) is 75.1. The Labute approximate surface area is 779 Å². The number of carbonyl (C=O) groups is 8. The normalized spacial score (nSPS) is 24.2. The topological polar surface area (TPSA) is 383 Å². The molecule has 6 aliphatic rings. The van der Waals surface area contributed by atoms with E-state index < -0.39 is 114 Å². The van der Waals surface area contributed by atoms with Crippen molar-refractivity contribution in [1.29, 1.82) is 0 Å². The van der Waals surface area contributed by atoms with Crippen molar-refractivity contribution in [2.75, 3.05) is 22.9 Å². The van der Waals surface area contributed by atoms with E-state index in [0.717, 1.165) is 29.5 Å². The van der Waals surface area contributed by atoms with Crippen LogP contribution < -0.4 is 65.0 Å². The molecule has 0 bridgehead atoms. The van der Waals surface area contributed by atoms with Crippen molar-refractivity contribution >= 4 is 58.9 Å². The van der Waals surface area contributed by atoms with Crippen LogP contribution in [0.2, 0.25) is 0 Å². The summed E-state index contributed by atoms with van der Waals surface area (Å²) in [5.74, 6) is -5.09. The Balaban J connectivity index is 0.000000242. The number of nitrogens with one attached hydrogen (secondary N) is 1. The van der Waals surface area contributed by atoms with Crippen molar-refractivity contribution in [1.82, 2.24) is 5.32 Å². The van der Waals surface area contributed by atoms with Crippen LogP contribution >= 0.6 is 0 Å². The number of aliphatic hydroxyl groups is 7. The van der Waals surface area contributed by atoms with Crippen molar-refractivity contribution in [2.45, 2.75) is 231 Å². The number of nitrogens with two attached hydrogens (primary N) is 1. The minimum absolute atomic E-state index is 0. The van der Waals surface area contributed by atoms with E-state index in [1.807, 2.05) is 33.8 Å². The van der Waals surface area contributed by atoms with Gasteiger partial charge in [0, 0.05) is 55.1 Å². The molecule has 10 N–H and O–H groups in total. The number of fused-ring (bicyclic) bond motifs is 2. The largest absolute Gasteiger partial charge is 1.00 e. The molecule has 0 saturated carbocycles. The summed E-state index contributed by atoms with van der Waals surface area (Å²) >= 11 is 0. The molecular weight excluding hydrogens is 1690 g/mol. The number of carboxylic acids is 1. The fourth-order valence-electron chi connectivity index (χ4n) is 18.2. The third-order valence-electron chi connectivity index (χ3n) is 25.7. The van der Waals surface area contributed by atoms with Crippen molar-refractivity contribution in [3.63, 3.8) is 0 Å². The van der Waals surface area contributed by atoms with Crippen LogP contribution in [0.3, 0.4) is 0 Å². The Kier molecular flexibility index (Phi) is 39.9. The number of aliphatic hydroxyl groups excluding tert-OH is 7. The van der Waals surface area contributed by atoms with Crippen LogP contribution in [0.5, 0.6) is 11.5 Å². The van der Waals surface area contributed by atoms with E-state index in [2.05, 4.69) is 50.4 Å². The maximum atomic E-state index is 13.7. The summed E-state index contributed by atoms with van der Waals surface area (Å²) in [7, 11) is 0. The van der Waals surface area contributed by atoms with Crippen LogP contribution in [-0.2, 0) is 47.8 Å². The van der Waals surface area contributed by atoms with Gasteiger partial charge >= 0.3 is 53.4 Å². The van der Waals surface area contributed by atoms with Gasteiger partial charge in [0.25, 0.3) is 0 Å². The van der Waals surface area contributed by atoms with E-state index in [9.17, 15) is 96.8 Å². The van der Waals surface area contributed by atoms with Gasteiger partial charge in [-0.25, -0.2) is 17.6 Å². The van der Waals surface area contributed by atoms with Crippen molar-refractivity contribution in [3.05, 3.63) is 239 Å². The van der Waals surface area contributed by atoms with E-state index in [1.54, 1.807) is 76.5 Å². The first-order valence-corrected chi connectivity index (χ1v) is 45.0. The molecule has 0 unspecified atom stereocenters. The summed E-state index contributed by atoms with van der Waals surface area (Å²) in [6.07, 6.45) is 10.4. The number of amides is 3. The summed E-state index contributed by atoms with van der Waals surface area (Å²) in [6.45, 7) is 14.1. The molecule has 6 aromatic rings. The van der Waals surface area contributed by atoms with Crippen molar-refractivity contribution in [2.24, 2.45) is 70.8 Å². The summed E-state index contributed by atoms with van der Waals surface area (Å²) in [6, 6.07) is 35.1. The number of esters is 4. The molecule has 22 atom stereocenters. The minimum Gasteiger partial charge on any atom is -0.550 e. The van der Waals surface area contributed by atoms with Gasteiger partial charge < -0.3 is 85.4 Å². The van der Waals surface area contributed by atoms with Crippen LogP contribution in [0.1, 0.15) is 211 Å². The second-order valence-corrected chi connectivity index (χ2v) is 35.2. The summed E-state index contributed by atoms with van der Waals surface area (Å²) < 4.78 is 76.5. The fraction of sp³-hybridized carbons (Fsp3) is 0.485. The number of halogens is 4. The minimum atomic E-state index is -1.32. The molecule has 3 amide bonds. The first-order valence-electron chi connectivity index (χ1n) is 45.0. The number of rotatable bonds is 39. The molecule has 12 rings (SSSR count). The monoisotopic (exact) mass is 1810 g/mol. The average molecular weight is 1810 g/mol. The smallest absolute Gasteiger partial charge is 0.550 e. The van der Waals surface area contributed by atoms with Gasteiger partial charge in [-0.15, -0.1) is 0 Å². The first kappa shape index (κ1) is 104. The van der Waals surface area contributed by atoms with E-state index in [0.29, 0.717) is 92.0 Å². The zero-order valence-corrected chi connectivity index (χ0v) is 77.1. The molecule has 0 spiro atoms. The molecule has 0 radical (unpaired) electrons. The number of hydrogen-bond donors (Lipinski definition) is 9. The number of nitrogens with zero attached hydrogens (tertiary/aromatic N) is 2. The number of ether oxygens (including phenoxy) is 4. The van der Waals surface area contributed by atoms with Gasteiger partial charge in [0.05, 0.1) is 97.7 Å². The fourth-order valence-corrected chi connectivity index (χ4v) is 18.2. The summed E-state index contributed by atoms with van der Waals surface area (Å²) in [5.41, 5.74) is 11.2. The molecule has 130 heavy (non-hydrogen) atoms. The molecule has 29 heteroatoms. The number of allylic oxidation sites excluding steroid dienone is 5. The second kappa shape index (κ2) is 49.8. The van der Waals surface area contributed by atoms with Gasteiger partial charge in [0.15, 0.2) is 0 Å². The predicted octanol–water partition coefficient (Wildman–Crippen LogP) is 10.8. The number of carboxylic acid groups (broad SMARTS) is 1. The third-order valence-corrected chi connectivity index (χ3v) is 25.7. The second-order valence-electron chi connectivity index (χ2n) is 35.2. The number of aliphatic carboxylic acids is 1. The Morgan fingerprint density at radius 3 is 1.29 bits per heavy atom. The van der Waals surface area contributed by atoms with Crippen LogP contribution in [0, 0.1) is 88.4 Å². The SMILES string of the molecule is CC[C@H](C)C(=O)O[C@H]1C[C@@H](C)C=C2C=C[C@H](C)[C@H](CC[C@@H](O)C[C@@H](O)CC(=O)[O-])[C@H]21.CC[C@H](C)C(=O)O[C@H]1C[C@H](O)C=C2C=C[C@H](C)[C@H](CC[C@@H](O)C[C@@H](O)CC(=O)NCCC(=O)Oc3ccc([C@@H]4[C@@H](CC[C@H](O)c5ccc(F)cc5)C(=O)N4c4ccc(F)cc4)cc3)[C@H]21.NCCC(=O)Oc1ccc([C@@H]2[C@@H](CC[C@H](O)c3ccc(F)cc3)C(=O)N2c2ccc(F)cc2)cc1.[Na+]. The number of anilines is 2. The van der Waals surface area contributed by atoms with E-state index in [1.165, 1.54) is 90.5 Å². The van der Waals surface area contributed by atoms with Crippen molar-refractivity contribution in [3.8, 4) is 11.5 Å². The first-order chi connectivity index (χ1) is 61.6. The average Bonchev–Trinajstić information content (AvgIpc) is 0.738. The molecule has 4 aliphatic carbocycles. The molecule has 2 fully saturated rings. The Bertz CT molecular complexity index is 4850. The number of carbonyl (C=O) groups excluding carboxylic acids is 8. The molecule has 0 aromatic heterocycles. The van der Waals surface area contributed by atoms with Crippen LogP contribution in [0.25, 0.3) is 0 Å². The molecule has 2 saturated heterocycles. The number of benzene rings is 6. The zero-order chi connectivity index (χ0) is 93.4. The summed E-state index contributed by atoms with van der Waals surface area (Å²) in [5, 5.41) is 86.6. The van der Waals surface area contributed by atoms with Gasteiger partial charge in [0.1, 0.15) is 47.0 Å². The van der Waals surface area contributed by atoms with Crippen molar-refractivity contribution < 1.29 is 145 Å². The summed E-state index contributed by atoms with van der Waals surface area (Å²) in [4.78, 5) is 103. The van der Waals surface area contributed by atoms with Gasteiger partial charge in [0.2, 0.25) is 17.7 Å². The molecule has 2 heterocycles. The quantitative estimate of drug-likeness (QED) is 0.00569. The number of hydrogen-bond acceptors (Lipinski definition) is 21. The van der Waals surface area contributed by atoms with Crippen LogP contribution in [0.4, 0.5) is 28.9 Å². The molecule has 24 nitrogen and oxygen atoms in total. The molecule has 696 valence electrons. The standard InChI is InChI=1S/C50H60F2N2O10.C27H26F2N2O4.C24H38O6.Na/c1-4-29(2)50(62)64-44-27-38(56)25-33-6-5-30(3)41(47(33)44)20-17-37(55)26-39(57)28-45(59)53-24-23-46(60)63-40-18-9-32(10-19-40)48-42(21-22-43(58)31-7-11-34(51)12-8-31)49(61)54(48)36-15-13-35(52)14-16-36;28-19-5-1-17(2-6-19)24(32)14-13-23-26(31(27(23)34)21-9-7-20(29)8-10-21)18-3-11-22(12-4-18)35-25(33)15-16-30;1-5-15(3)24(29)30-21-11-14(2)10-17-7-6-16(4)20(23(17)21)9-8-18(25)12-19(26)13-22(27)28;/h5-16,18-19,25,29-30,37-39,41-44,47-48,55-58H,4,17,20-24,26-28H2,1-3H3,(H,53,59);1-12,23-24,26,32H,13-16,30H2;6-7,10,14-16,18-21,23,25-26H,5,8-9,11-13H2,1-4H3,(H,27,28);/q;;;+1/p-1/t29-,30-,37+,38+,39+,41-,42+,43-,44-,47-,48+;23-,24+,26-;14-,15-,16-,18+,19+,20-,21-,23-;/m010./s1. The number of β-lactam (4-membered cyclic amide) rings is 2. The van der Waals surface area contributed by atoms with E-state index >= 15 is 0 Å². The maximum absolute atomic E-state index is 13.7.